The molecule has 1 unspecified atom stereocenters. The van der Waals surface area contributed by atoms with E-state index >= 15 is 0 Å². The number of carbonyl (C=O) groups is 1. The van der Waals surface area contributed by atoms with Crippen LogP contribution in [0.25, 0.3) is 0 Å². The number of hydroxylamine groups is 2. The number of halogens is 1. The number of thioether (sulfide) groups is 1. The van der Waals surface area contributed by atoms with E-state index in [0.717, 1.165) is 41.4 Å². The lowest BCUT2D eigenvalue weighted by Crippen LogP contribution is -2.44. The number of aryl methyl sites for hydroxylation is 1. The Kier molecular flexibility index (Phi) is 5.60. The fraction of sp³-hybridized carbons (Fsp3) is 0.688. The first kappa shape index (κ1) is 18.5. The molecule has 7 nitrogen and oxygen atoms in total. The highest BCUT2D eigenvalue weighted by Gasteiger charge is 2.27. The van der Waals surface area contributed by atoms with Crippen molar-refractivity contribution in [2.45, 2.75) is 56.6 Å². The van der Waals surface area contributed by atoms with Crippen molar-refractivity contribution in [3.63, 3.8) is 0 Å². The summed E-state index contributed by atoms with van der Waals surface area (Å²) in [5.41, 5.74) is 0.435. The fourth-order valence-electron chi connectivity index (χ4n) is 2.85. The molecule has 1 atom stereocenters. The molecule has 138 valence electrons. The summed E-state index contributed by atoms with van der Waals surface area (Å²) in [5, 5.41) is 5.35. The number of rotatable bonds is 3. The van der Waals surface area contributed by atoms with Gasteiger partial charge < -0.3 is 14.9 Å². The lowest BCUT2D eigenvalue weighted by atomic mass is 10.1. The van der Waals surface area contributed by atoms with Gasteiger partial charge in [0.15, 0.2) is 0 Å². The number of hydrogen-bond acceptors (Lipinski definition) is 8. The Bertz CT molecular complexity index is 653. The maximum Gasteiger partial charge on any atom is 0.528 e. The van der Waals surface area contributed by atoms with Gasteiger partial charge in [0.05, 0.1) is 17.1 Å². The second-order valence-electron chi connectivity index (χ2n) is 7.14. The first-order valence-corrected chi connectivity index (χ1v) is 9.78. The minimum atomic E-state index is -0.672. The molecule has 3 heterocycles. The van der Waals surface area contributed by atoms with Crippen molar-refractivity contribution in [2.75, 3.05) is 24.2 Å². The number of ether oxygens (including phenoxy) is 1. The van der Waals surface area contributed by atoms with Crippen LogP contribution in [0.4, 0.5) is 10.6 Å². The number of piperidine rings is 1. The van der Waals surface area contributed by atoms with Crippen molar-refractivity contribution in [1.29, 1.82) is 0 Å². The molecule has 1 N–H and O–H groups in total. The van der Waals surface area contributed by atoms with Crippen LogP contribution in [0.3, 0.4) is 0 Å². The molecule has 0 saturated carbocycles. The number of carbonyl (C=O) groups excluding carboxylic acids is 1. The van der Waals surface area contributed by atoms with Crippen LogP contribution in [0.1, 0.15) is 39.3 Å². The summed E-state index contributed by atoms with van der Waals surface area (Å²) in [6.45, 7) is 6.69. The molecule has 0 bridgehead atoms. The van der Waals surface area contributed by atoms with Gasteiger partial charge in [-0.25, -0.2) is 9.78 Å². The van der Waals surface area contributed by atoms with Crippen LogP contribution in [0.15, 0.2) is 4.90 Å². The molecule has 0 aromatic carbocycles. The topological polar surface area (TPSA) is 76.6 Å². The molecule has 0 spiro atoms. The van der Waals surface area contributed by atoms with E-state index in [1.54, 1.807) is 16.8 Å². The molecule has 0 radical (unpaired) electrons. The smallest absolute Gasteiger partial charge is 0.427 e. The van der Waals surface area contributed by atoms with Crippen molar-refractivity contribution in [3.8, 4) is 0 Å². The molecule has 1 aromatic rings. The molecular weight excluding hydrogens is 364 g/mol. The SMILES string of the molecule is CC(C)(C)OC(=O)ON1CCCC(Nc2nc(Cl)nc3c2SCC3)C1. The number of nitrogens with one attached hydrogen (secondary N) is 1. The van der Waals surface area contributed by atoms with E-state index in [1.165, 1.54) is 0 Å². The van der Waals surface area contributed by atoms with Crippen molar-refractivity contribution < 1.29 is 14.4 Å². The van der Waals surface area contributed by atoms with Crippen LogP contribution in [0.5, 0.6) is 0 Å². The van der Waals surface area contributed by atoms with Gasteiger partial charge in [0.1, 0.15) is 11.4 Å². The second kappa shape index (κ2) is 7.55. The lowest BCUT2D eigenvalue weighted by molar-refractivity contribution is -0.151. The van der Waals surface area contributed by atoms with Crippen LogP contribution in [-0.2, 0) is 16.0 Å². The molecule has 2 aliphatic rings. The summed E-state index contributed by atoms with van der Waals surface area (Å²) >= 11 is 7.78. The Balaban J connectivity index is 1.60. The van der Waals surface area contributed by atoms with Crippen molar-refractivity contribution in [3.05, 3.63) is 11.0 Å². The summed E-state index contributed by atoms with van der Waals surface area (Å²) in [6.07, 6.45) is 2.12. The zero-order chi connectivity index (χ0) is 18.0. The second-order valence-corrected chi connectivity index (χ2v) is 8.59. The summed E-state index contributed by atoms with van der Waals surface area (Å²) < 4.78 is 5.21. The molecule has 25 heavy (non-hydrogen) atoms. The van der Waals surface area contributed by atoms with Gasteiger partial charge >= 0.3 is 6.16 Å². The normalized spacial score (nSPS) is 20.9. The molecule has 2 aliphatic heterocycles. The maximum atomic E-state index is 11.8. The Morgan fingerprint density at radius 2 is 2.20 bits per heavy atom. The number of anilines is 1. The van der Waals surface area contributed by atoms with Crippen LogP contribution >= 0.6 is 23.4 Å². The average Bonchev–Trinajstić information content (AvgIpc) is 2.93. The highest BCUT2D eigenvalue weighted by molar-refractivity contribution is 7.99. The summed E-state index contributed by atoms with van der Waals surface area (Å²) in [5.74, 6) is 1.78. The zero-order valence-electron chi connectivity index (χ0n) is 14.7. The number of hydrogen-bond donors (Lipinski definition) is 1. The Labute approximate surface area is 156 Å². The molecule has 1 aromatic heterocycles. The molecular formula is C16H23ClN4O3S. The van der Waals surface area contributed by atoms with Crippen molar-refractivity contribution in [1.82, 2.24) is 15.0 Å². The van der Waals surface area contributed by atoms with E-state index < -0.39 is 11.8 Å². The van der Waals surface area contributed by atoms with Gasteiger partial charge in [0.25, 0.3) is 0 Å². The standard InChI is InChI=1S/C16H23ClN4O3S/c1-16(2,3)23-15(22)24-21-7-4-5-10(9-21)18-13-12-11(6-8-25-12)19-14(17)20-13/h10H,4-9H2,1-3H3,(H,18,19,20). The summed E-state index contributed by atoms with van der Waals surface area (Å²) in [4.78, 5) is 26.9. The van der Waals surface area contributed by atoms with E-state index in [-0.39, 0.29) is 11.3 Å². The Morgan fingerprint density at radius 3 is 2.96 bits per heavy atom. The van der Waals surface area contributed by atoms with E-state index in [2.05, 4.69) is 15.3 Å². The van der Waals surface area contributed by atoms with Crippen molar-refractivity contribution >= 4 is 35.3 Å². The van der Waals surface area contributed by atoms with E-state index in [9.17, 15) is 4.79 Å². The third kappa shape index (κ3) is 5.12. The monoisotopic (exact) mass is 386 g/mol. The van der Waals surface area contributed by atoms with E-state index in [0.29, 0.717) is 13.1 Å². The van der Waals surface area contributed by atoms with Gasteiger partial charge in [-0.15, -0.1) is 16.8 Å². The lowest BCUT2D eigenvalue weighted by Gasteiger charge is -2.32. The summed E-state index contributed by atoms with van der Waals surface area (Å²) in [7, 11) is 0. The molecule has 1 saturated heterocycles. The fourth-order valence-corrected chi connectivity index (χ4v) is 4.09. The van der Waals surface area contributed by atoms with E-state index in [1.807, 2.05) is 20.8 Å². The highest BCUT2D eigenvalue weighted by atomic mass is 35.5. The first-order chi connectivity index (χ1) is 11.8. The van der Waals surface area contributed by atoms with Gasteiger partial charge in [-0.3, -0.25) is 0 Å². The van der Waals surface area contributed by atoms with Gasteiger partial charge in [-0.1, -0.05) is 0 Å². The molecule has 0 amide bonds. The number of nitrogens with zero attached hydrogens (tertiary/aromatic N) is 3. The van der Waals surface area contributed by atoms with Crippen molar-refractivity contribution in [2.24, 2.45) is 0 Å². The highest BCUT2D eigenvalue weighted by Crippen LogP contribution is 2.36. The third-order valence-corrected chi connectivity index (χ3v) is 5.11. The Morgan fingerprint density at radius 1 is 1.40 bits per heavy atom. The molecule has 9 heteroatoms. The zero-order valence-corrected chi connectivity index (χ0v) is 16.2. The quantitative estimate of drug-likeness (QED) is 0.624. The number of aromatic nitrogens is 2. The summed E-state index contributed by atoms with van der Waals surface area (Å²) in [6, 6.07) is 0.118. The minimum absolute atomic E-state index is 0.118. The van der Waals surface area contributed by atoms with Gasteiger partial charge in [-0.2, -0.15) is 4.98 Å². The predicted molar refractivity (Wildman–Crippen MR) is 97.0 cm³/mol. The predicted octanol–water partition coefficient (Wildman–Crippen LogP) is 3.52. The Hall–Kier alpha value is -1.25. The minimum Gasteiger partial charge on any atom is -0.427 e. The van der Waals surface area contributed by atoms with Crippen LogP contribution in [-0.4, -0.2) is 51.7 Å². The van der Waals surface area contributed by atoms with Crippen LogP contribution in [0, 0.1) is 0 Å². The van der Waals surface area contributed by atoms with Gasteiger partial charge in [0.2, 0.25) is 5.28 Å². The van der Waals surface area contributed by atoms with Crippen LogP contribution < -0.4 is 5.32 Å². The largest absolute Gasteiger partial charge is 0.528 e. The molecule has 3 rings (SSSR count). The first-order valence-electron chi connectivity index (χ1n) is 8.42. The van der Waals surface area contributed by atoms with E-state index in [4.69, 9.17) is 21.2 Å². The average molecular weight is 387 g/mol. The van der Waals surface area contributed by atoms with Gasteiger partial charge in [0, 0.05) is 24.8 Å². The van der Waals surface area contributed by atoms with Crippen LogP contribution in [0.2, 0.25) is 5.28 Å². The third-order valence-electron chi connectivity index (χ3n) is 3.81. The molecule has 0 aliphatic carbocycles. The molecule has 1 fully saturated rings. The van der Waals surface area contributed by atoms with Gasteiger partial charge in [-0.05, 0) is 45.2 Å². The number of fused-ring (bicyclic) bond motifs is 1. The maximum absolute atomic E-state index is 11.8.